The Morgan fingerprint density at radius 3 is 2.04 bits per heavy atom. The van der Waals surface area contributed by atoms with Gasteiger partial charge in [-0.3, -0.25) is 18.7 Å². The number of rotatable bonds is 8. The first-order valence-electron chi connectivity index (χ1n) is 8.41. The Morgan fingerprint density at radius 2 is 1.46 bits per heavy atom. The topological polar surface area (TPSA) is 72.9 Å². The van der Waals surface area contributed by atoms with Gasteiger partial charge in [-0.25, -0.2) is 4.90 Å². The van der Waals surface area contributed by atoms with Crippen molar-refractivity contribution in [1.82, 2.24) is 4.90 Å². The first-order valence-corrected chi connectivity index (χ1v) is 10.1. The van der Waals surface area contributed by atoms with Gasteiger partial charge in [-0.2, -0.15) is 0 Å². The van der Waals surface area contributed by atoms with E-state index in [4.69, 9.17) is 9.05 Å². The van der Waals surface area contributed by atoms with Crippen LogP contribution >= 0.6 is 7.60 Å². The SMILES string of the molecule is CCOP(=O)(CCc1ccccc1)OCN1C(=O)c2ccccc2C1=O. The van der Waals surface area contributed by atoms with Crippen LogP contribution in [0.1, 0.15) is 33.2 Å². The fourth-order valence-electron chi connectivity index (χ4n) is 2.78. The van der Waals surface area contributed by atoms with Gasteiger partial charge in [-0.15, -0.1) is 0 Å². The molecule has 0 fully saturated rings. The number of carbonyl (C=O) groups is 2. The van der Waals surface area contributed by atoms with Crippen molar-refractivity contribution in [3.63, 3.8) is 0 Å². The summed E-state index contributed by atoms with van der Waals surface area (Å²) in [4.78, 5) is 25.7. The van der Waals surface area contributed by atoms with Gasteiger partial charge in [0.25, 0.3) is 11.8 Å². The quantitative estimate of drug-likeness (QED) is 0.521. The molecule has 1 atom stereocenters. The molecule has 1 heterocycles. The lowest BCUT2D eigenvalue weighted by Gasteiger charge is -2.21. The zero-order valence-electron chi connectivity index (χ0n) is 14.5. The number of imide groups is 1. The second kappa shape index (κ2) is 7.96. The van der Waals surface area contributed by atoms with Crippen LogP contribution < -0.4 is 0 Å². The van der Waals surface area contributed by atoms with Crippen molar-refractivity contribution in [2.24, 2.45) is 0 Å². The average Bonchev–Trinajstić information content (AvgIpc) is 2.91. The van der Waals surface area contributed by atoms with Crippen LogP contribution in [0, 0.1) is 0 Å². The number of carbonyl (C=O) groups excluding carboxylic acids is 2. The zero-order valence-corrected chi connectivity index (χ0v) is 15.4. The molecular weight excluding hydrogens is 353 g/mol. The Hall–Kier alpha value is -2.27. The maximum atomic E-state index is 12.9. The van der Waals surface area contributed by atoms with Crippen molar-refractivity contribution < 1.29 is 23.2 Å². The van der Waals surface area contributed by atoms with E-state index in [2.05, 4.69) is 0 Å². The van der Waals surface area contributed by atoms with Crippen molar-refractivity contribution in [1.29, 1.82) is 0 Å². The van der Waals surface area contributed by atoms with E-state index in [1.807, 2.05) is 30.3 Å². The van der Waals surface area contributed by atoms with Gasteiger partial charge < -0.3 is 4.52 Å². The smallest absolute Gasteiger partial charge is 0.309 e. The van der Waals surface area contributed by atoms with Gasteiger partial charge in [0.05, 0.1) is 23.9 Å². The molecule has 2 aromatic carbocycles. The van der Waals surface area contributed by atoms with Gasteiger partial charge in [0.2, 0.25) is 0 Å². The third kappa shape index (κ3) is 3.93. The van der Waals surface area contributed by atoms with Gasteiger partial charge in [0.15, 0.2) is 0 Å². The number of hydrogen-bond donors (Lipinski definition) is 0. The van der Waals surface area contributed by atoms with Crippen molar-refractivity contribution in [3.05, 3.63) is 71.3 Å². The molecule has 0 saturated heterocycles. The molecule has 1 unspecified atom stereocenters. The molecule has 0 N–H and O–H groups in total. The molecule has 2 aromatic rings. The lowest BCUT2D eigenvalue weighted by atomic mass is 10.1. The van der Waals surface area contributed by atoms with E-state index >= 15 is 0 Å². The van der Waals surface area contributed by atoms with Crippen LogP contribution in [-0.4, -0.2) is 36.2 Å². The van der Waals surface area contributed by atoms with E-state index in [0.29, 0.717) is 17.5 Å². The third-order valence-corrected chi connectivity index (χ3v) is 6.04. The normalized spacial score (nSPS) is 15.8. The molecule has 136 valence electrons. The standard InChI is InChI=1S/C19H20NO5P/c1-2-24-26(23,13-12-15-8-4-3-5-9-15)25-14-20-18(21)16-10-6-7-11-17(16)19(20)22/h3-11H,2,12-14H2,1H3. The maximum absolute atomic E-state index is 12.9. The van der Waals surface area contributed by atoms with E-state index in [1.165, 1.54) is 0 Å². The summed E-state index contributed by atoms with van der Waals surface area (Å²) >= 11 is 0. The molecule has 1 aliphatic rings. The fraction of sp³-hybridized carbons (Fsp3) is 0.263. The Labute approximate surface area is 152 Å². The number of hydrogen-bond acceptors (Lipinski definition) is 5. The summed E-state index contributed by atoms with van der Waals surface area (Å²) in [7, 11) is -3.43. The first kappa shape index (κ1) is 18.5. The fourth-order valence-corrected chi connectivity index (χ4v) is 4.33. The zero-order chi connectivity index (χ0) is 18.6. The van der Waals surface area contributed by atoms with Gasteiger partial charge in [-0.1, -0.05) is 42.5 Å². The van der Waals surface area contributed by atoms with Crippen LogP contribution in [0.15, 0.2) is 54.6 Å². The summed E-state index contributed by atoms with van der Waals surface area (Å²) in [6, 6.07) is 16.1. The Morgan fingerprint density at radius 1 is 0.885 bits per heavy atom. The molecule has 0 aromatic heterocycles. The van der Waals surface area contributed by atoms with Crippen LogP contribution in [-0.2, 0) is 20.0 Å². The van der Waals surface area contributed by atoms with E-state index in [0.717, 1.165) is 10.5 Å². The van der Waals surface area contributed by atoms with Crippen LogP contribution in [0.4, 0.5) is 0 Å². The summed E-state index contributed by atoms with van der Waals surface area (Å²) in [6.07, 6.45) is 0.689. The largest absolute Gasteiger partial charge is 0.332 e. The molecular formula is C19H20NO5P. The highest BCUT2D eigenvalue weighted by Gasteiger charge is 2.37. The predicted octanol–water partition coefficient (Wildman–Crippen LogP) is 3.73. The Balaban J connectivity index is 1.66. The highest BCUT2D eigenvalue weighted by molar-refractivity contribution is 7.53. The van der Waals surface area contributed by atoms with Crippen LogP contribution in [0.25, 0.3) is 0 Å². The highest BCUT2D eigenvalue weighted by atomic mass is 31.2. The average molecular weight is 373 g/mol. The molecule has 2 amide bonds. The number of nitrogens with zero attached hydrogens (tertiary/aromatic N) is 1. The van der Waals surface area contributed by atoms with Gasteiger partial charge in [-0.05, 0) is 31.0 Å². The number of benzene rings is 2. The minimum absolute atomic E-state index is 0.175. The molecule has 6 nitrogen and oxygen atoms in total. The van der Waals surface area contributed by atoms with Crippen molar-refractivity contribution in [3.8, 4) is 0 Å². The third-order valence-electron chi connectivity index (χ3n) is 4.10. The van der Waals surface area contributed by atoms with Crippen molar-refractivity contribution >= 4 is 19.4 Å². The summed E-state index contributed by atoms with van der Waals surface area (Å²) in [5, 5.41) is 0. The first-order chi connectivity index (χ1) is 12.5. The second-order valence-corrected chi connectivity index (χ2v) is 8.02. The van der Waals surface area contributed by atoms with Crippen molar-refractivity contribution in [2.45, 2.75) is 13.3 Å². The minimum Gasteiger partial charge on any atom is -0.309 e. The lowest BCUT2D eigenvalue weighted by molar-refractivity contribution is 0.0499. The maximum Gasteiger partial charge on any atom is 0.332 e. The van der Waals surface area contributed by atoms with E-state index in [-0.39, 0.29) is 12.8 Å². The summed E-state index contributed by atoms with van der Waals surface area (Å²) in [5.41, 5.74) is 1.67. The number of aryl methyl sites for hydroxylation is 1. The molecule has 7 heteroatoms. The Bertz CT molecular complexity index is 817. The molecule has 0 aliphatic carbocycles. The number of fused-ring (bicyclic) bond motifs is 1. The molecule has 0 radical (unpaired) electrons. The highest BCUT2D eigenvalue weighted by Crippen LogP contribution is 2.48. The van der Waals surface area contributed by atoms with Gasteiger partial charge in [0.1, 0.15) is 6.73 Å². The summed E-state index contributed by atoms with van der Waals surface area (Å²) in [6.45, 7) is 1.55. The summed E-state index contributed by atoms with van der Waals surface area (Å²) in [5.74, 6) is -0.895. The van der Waals surface area contributed by atoms with Crippen molar-refractivity contribution in [2.75, 3.05) is 19.5 Å². The molecule has 3 rings (SSSR count). The second-order valence-electron chi connectivity index (χ2n) is 5.83. The molecule has 0 bridgehead atoms. The predicted molar refractivity (Wildman–Crippen MR) is 97.1 cm³/mol. The molecule has 0 spiro atoms. The lowest BCUT2D eigenvalue weighted by Crippen LogP contribution is -2.32. The summed E-state index contributed by atoms with van der Waals surface area (Å²) < 4.78 is 23.7. The van der Waals surface area contributed by atoms with E-state index < -0.39 is 26.1 Å². The molecule has 0 saturated carbocycles. The molecule has 26 heavy (non-hydrogen) atoms. The minimum atomic E-state index is -3.43. The van der Waals surface area contributed by atoms with Gasteiger partial charge in [0, 0.05) is 0 Å². The molecule has 1 aliphatic heterocycles. The van der Waals surface area contributed by atoms with Crippen LogP contribution in [0.2, 0.25) is 0 Å². The van der Waals surface area contributed by atoms with E-state index in [1.54, 1.807) is 31.2 Å². The van der Waals surface area contributed by atoms with Crippen LogP contribution in [0.3, 0.4) is 0 Å². The number of amides is 2. The van der Waals surface area contributed by atoms with E-state index in [9.17, 15) is 14.2 Å². The van der Waals surface area contributed by atoms with Gasteiger partial charge >= 0.3 is 7.60 Å². The van der Waals surface area contributed by atoms with Crippen LogP contribution in [0.5, 0.6) is 0 Å². The Kier molecular flexibility index (Phi) is 5.67. The monoisotopic (exact) mass is 373 g/mol.